The fraction of sp³-hybridized carbons (Fsp3) is 0.367. The third-order valence-corrected chi connectivity index (χ3v) is 11.2. The standard InChI is InChI=1S/C30H33FN5O8PS/c1-4-41-45(40,42-5-2)22(46-20-14-10-7-11-15-20)16-21-23(31)25(44-29(39)19-12-8-6-9-13-19)28(43-21)36-17-32-24-26(36)34-30(33-18(3)37)35-27(24)38/h6-15,17,21-23,25,28H,4-5,16H2,1-3H3,(H2,33,34,35,37,38)/t21-,22?,23+,25-,28-/m1/s1. The van der Waals surface area contributed by atoms with Gasteiger partial charge in [-0.2, -0.15) is 4.98 Å². The van der Waals surface area contributed by atoms with Gasteiger partial charge in [0, 0.05) is 18.2 Å². The Morgan fingerprint density at radius 3 is 2.39 bits per heavy atom. The highest BCUT2D eigenvalue weighted by atomic mass is 32.2. The average Bonchev–Trinajstić information content (AvgIpc) is 3.58. The van der Waals surface area contributed by atoms with Crippen LogP contribution in [0.3, 0.4) is 0 Å². The first-order valence-electron chi connectivity index (χ1n) is 14.5. The number of aromatic nitrogens is 4. The second-order valence-electron chi connectivity index (χ2n) is 10.2. The molecular weight excluding hydrogens is 640 g/mol. The Kier molecular flexibility index (Phi) is 10.7. The number of halogens is 1. The van der Waals surface area contributed by atoms with E-state index in [9.17, 15) is 18.9 Å². The normalized spacial score (nSPS) is 20.4. The molecule has 2 aromatic heterocycles. The van der Waals surface area contributed by atoms with Gasteiger partial charge in [-0.15, -0.1) is 11.8 Å². The van der Waals surface area contributed by atoms with Crippen molar-refractivity contribution >= 4 is 48.3 Å². The minimum absolute atomic E-state index is 0.0457. The fourth-order valence-electron chi connectivity index (χ4n) is 5.00. The predicted molar refractivity (Wildman–Crippen MR) is 168 cm³/mol. The summed E-state index contributed by atoms with van der Waals surface area (Å²) in [6, 6.07) is 17.2. The molecule has 1 unspecified atom stereocenters. The number of ether oxygens (including phenoxy) is 2. The van der Waals surface area contributed by atoms with Crippen molar-refractivity contribution in [1.82, 2.24) is 19.5 Å². The highest BCUT2D eigenvalue weighted by Crippen LogP contribution is 2.60. The Morgan fingerprint density at radius 1 is 1.11 bits per heavy atom. The largest absolute Gasteiger partial charge is 0.451 e. The first-order valence-corrected chi connectivity index (χ1v) is 17.0. The van der Waals surface area contributed by atoms with Crippen molar-refractivity contribution in [3.05, 3.63) is 82.9 Å². The number of rotatable bonds is 13. The zero-order chi connectivity index (χ0) is 32.8. The van der Waals surface area contributed by atoms with E-state index in [2.05, 4.69) is 20.3 Å². The number of thioether (sulfide) groups is 1. The first kappa shape index (κ1) is 33.5. The quantitative estimate of drug-likeness (QED) is 0.107. The van der Waals surface area contributed by atoms with E-state index >= 15 is 4.39 Å². The molecule has 3 heterocycles. The molecule has 0 radical (unpaired) electrons. The summed E-state index contributed by atoms with van der Waals surface area (Å²) in [5.41, 5.74) is -0.634. The second kappa shape index (κ2) is 14.7. The molecule has 5 rings (SSSR count). The molecule has 2 N–H and O–H groups in total. The zero-order valence-electron chi connectivity index (χ0n) is 25.2. The molecule has 46 heavy (non-hydrogen) atoms. The van der Waals surface area contributed by atoms with E-state index in [1.54, 1.807) is 32.0 Å². The van der Waals surface area contributed by atoms with Gasteiger partial charge >= 0.3 is 13.6 Å². The lowest BCUT2D eigenvalue weighted by atomic mass is 10.1. The zero-order valence-corrected chi connectivity index (χ0v) is 26.9. The van der Waals surface area contributed by atoms with E-state index in [0.717, 1.165) is 4.90 Å². The number of hydrogen-bond acceptors (Lipinski definition) is 11. The topological polar surface area (TPSA) is 164 Å². The lowest BCUT2D eigenvalue weighted by Crippen LogP contribution is -2.34. The molecule has 1 amide bonds. The van der Waals surface area contributed by atoms with Crippen molar-refractivity contribution in [2.75, 3.05) is 18.5 Å². The Balaban J connectivity index is 1.54. The van der Waals surface area contributed by atoms with E-state index in [1.807, 2.05) is 30.3 Å². The Morgan fingerprint density at radius 2 is 1.76 bits per heavy atom. The first-order chi connectivity index (χ1) is 22.1. The molecule has 1 fully saturated rings. The number of amides is 1. The number of hydrogen-bond donors (Lipinski definition) is 2. The maximum atomic E-state index is 16.6. The Bertz CT molecular complexity index is 1770. The van der Waals surface area contributed by atoms with E-state index in [1.165, 1.54) is 41.7 Å². The number of alkyl halides is 1. The number of benzene rings is 2. The summed E-state index contributed by atoms with van der Waals surface area (Å²) >= 11 is 1.20. The molecule has 5 atom stereocenters. The molecule has 1 aliphatic rings. The van der Waals surface area contributed by atoms with Gasteiger partial charge in [-0.1, -0.05) is 36.4 Å². The van der Waals surface area contributed by atoms with Gasteiger partial charge in [-0.05, 0) is 38.1 Å². The number of fused-ring (bicyclic) bond motifs is 1. The second-order valence-corrected chi connectivity index (χ2v) is 14.0. The molecule has 16 heteroatoms. The molecule has 0 aliphatic carbocycles. The lowest BCUT2D eigenvalue weighted by Gasteiger charge is -2.28. The molecule has 0 bridgehead atoms. The number of imidazole rings is 1. The van der Waals surface area contributed by atoms with Crippen LogP contribution >= 0.6 is 19.4 Å². The number of carbonyl (C=O) groups excluding carboxylic acids is 2. The summed E-state index contributed by atoms with van der Waals surface area (Å²) in [6.07, 6.45) is -5.04. The maximum absolute atomic E-state index is 16.6. The molecule has 2 aromatic carbocycles. The summed E-state index contributed by atoms with van der Waals surface area (Å²) in [5, 5.41) is 2.41. The van der Waals surface area contributed by atoms with Crippen LogP contribution in [-0.2, 0) is 27.9 Å². The number of anilines is 1. The summed E-state index contributed by atoms with van der Waals surface area (Å²) in [5.74, 6) is -1.45. The van der Waals surface area contributed by atoms with Crippen LogP contribution in [0.25, 0.3) is 11.2 Å². The van der Waals surface area contributed by atoms with Crippen LogP contribution in [-0.4, -0.2) is 68.0 Å². The fourth-order valence-corrected chi connectivity index (χ4v) is 8.75. The van der Waals surface area contributed by atoms with Crippen LogP contribution in [0.15, 0.2) is 76.7 Å². The Hall–Kier alpha value is -3.88. The molecular formula is C30H33FN5O8PS. The molecule has 1 saturated heterocycles. The van der Waals surface area contributed by atoms with Gasteiger partial charge in [0.05, 0.1) is 31.2 Å². The third kappa shape index (κ3) is 7.39. The van der Waals surface area contributed by atoms with Crippen LogP contribution in [0.5, 0.6) is 0 Å². The summed E-state index contributed by atoms with van der Waals surface area (Å²) in [6.45, 7) is 4.79. The van der Waals surface area contributed by atoms with E-state index < -0.39 is 54.6 Å². The lowest BCUT2D eigenvalue weighted by molar-refractivity contribution is -0.114. The maximum Gasteiger partial charge on any atom is 0.343 e. The van der Waals surface area contributed by atoms with Gasteiger partial charge in [0.2, 0.25) is 11.9 Å². The molecule has 0 spiro atoms. The van der Waals surface area contributed by atoms with Crippen molar-refractivity contribution < 1.29 is 37.1 Å². The van der Waals surface area contributed by atoms with Gasteiger partial charge in [-0.3, -0.25) is 29.0 Å². The number of nitrogens with zero attached hydrogens (tertiary/aromatic N) is 3. The van der Waals surface area contributed by atoms with Crippen LogP contribution in [0.1, 0.15) is 43.8 Å². The predicted octanol–water partition coefficient (Wildman–Crippen LogP) is 5.31. The molecule has 1 aliphatic heterocycles. The van der Waals surface area contributed by atoms with Crippen molar-refractivity contribution in [2.45, 2.75) is 61.7 Å². The van der Waals surface area contributed by atoms with Gasteiger partial charge in [0.25, 0.3) is 5.56 Å². The number of H-pyrrole nitrogens is 1. The van der Waals surface area contributed by atoms with Gasteiger partial charge in [0.1, 0.15) is 4.99 Å². The van der Waals surface area contributed by atoms with Gasteiger partial charge < -0.3 is 18.5 Å². The van der Waals surface area contributed by atoms with E-state index in [-0.39, 0.29) is 42.3 Å². The van der Waals surface area contributed by atoms with Crippen molar-refractivity contribution in [3.8, 4) is 0 Å². The highest BCUT2D eigenvalue weighted by molar-refractivity contribution is 8.05. The minimum Gasteiger partial charge on any atom is -0.451 e. The monoisotopic (exact) mass is 673 g/mol. The van der Waals surface area contributed by atoms with E-state index in [0.29, 0.717) is 0 Å². The smallest absolute Gasteiger partial charge is 0.343 e. The molecule has 244 valence electrons. The third-order valence-electron chi connectivity index (χ3n) is 6.94. The highest BCUT2D eigenvalue weighted by Gasteiger charge is 2.52. The SMILES string of the molecule is CCOP(=O)(OCC)C(C[C@H]1O[C@@H](n2cnc3c(=O)[nH]c(NC(C)=O)nc32)[C@H](OC(=O)c2ccccc2)[C@H]1F)Sc1ccccc1. The number of esters is 1. The van der Waals surface area contributed by atoms with Crippen LogP contribution < -0.4 is 10.9 Å². The molecule has 0 saturated carbocycles. The van der Waals surface area contributed by atoms with Gasteiger partial charge in [0.15, 0.2) is 29.7 Å². The summed E-state index contributed by atoms with van der Waals surface area (Å²) < 4.78 is 55.2. The number of nitrogens with one attached hydrogen (secondary N) is 2. The minimum atomic E-state index is -3.82. The van der Waals surface area contributed by atoms with Crippen molar-refractivity contribution in [3.63, 3.8) is 0 Å². The van der Waals surface area contributed by atoms with E-state index in [4.69, 9.17) is 18.5 Å². The number of carbonyl (C=O) groups is 2. The van der Waals surface area contributed by atoms with Crippen molar-refractivity contribution in [2.24, 2.45) is 0 Å². The van der Waals surface area contributed by atoms with Crippen molar-refractivity contribution in [1.29, 1.82) is 0 Å². The van der Waals surface area contributed by atoms with Crippen LogP contribution in [0.2, 0.25) is 0 Å². The number of aromatic amines is 1. The van der Waals surface area contributed by atoms with Crippen LogP contribution in [0.4, 0.5) is 10.3 Å². The van der Waals surface area contributed by atoms with Crippen LogP contribution in [0, 0.1) is 0 Å². The van der Waals surface area contributed by atoms with Gasteiger partial charge in [-0.25, -0.2) is 14.2 Å². The summed E-state index contributed by atoms with van der Waals surface area (Å²) in [4.78, 5) is 48.3. The molecule has 4 aromatic rings. The summed E-state index contributed by atoms with van der Waals surface area (Å²) in [7, 11) is -3.82. The molecule has 13 nitrogen and oxygen atoms in total. The Labute approximate surface area is 267 Å². The average molecular weight is 674 g/mol.